The highest BCUT2D eigenvalue weighted by atomic mass is 16.8. The molecule has 0 N–H and O–H groups in total. The highest BCUT2D eigenvalue weighted by molar-refractivity contribution is 5.86. The average Bonchev–Trinajstić information content (AvgIpc) is 3.20. The Labute approximate surface area is 198 Å². The summed E-state index contributed by atoms with van der Waals surface area (Å²) in [7, 11) is 1.61. The third-order valence-corrected chi connectivity index (χ3v) is 6.34. The minimum absolute atomic E-state index is 0.406. The first-order valence-corrected chi connectivity index (χ1v) is 11.4. The first-order chi connectivity index (χ1) is 16.4. The Morgan fingerprint density at radius 3 is 2.32 bits per heavy atom. The monoisotopic (exact) mass is 464 g/mol. The molecule has 0 aliphatic carbocycles. The number of hydrogen-bond acceptors (Lipinski definition) is 7. The van der Waals surface area contributed by atoms with Gasteiger partial charge in [0, 0.05) is 12.5 Å². The number of fused-ring (bicyclic) bond motifs is 2. The molecule has 2 aliphatic rings. The summed E-state index contributed by atoms with van der Waals surface area (Å²) in [6, 6.07) is 21.3. The van der Waals surface area contributed by atoms with Gasteiger partial charge in [-0.1, -0.05) is 42.5 Å². The van der Waals surface area contributed by atoms with E-state index in [0.29, 0.717) is 5.75 Å². The Hall–Kier alpha value is -3.13. The van der Waals surface area contributed by atoms with E-state index in [2.05, 4.69) is 0 Å². The van der Waals surface area contributed by atoms with Crippen LogP contribution < -0.4 is 9.47 Å². The molecule has 2 heterocycles. The van der Waals surface area contributed by atoms with Gasteiger partial charge in [-0.3, -0.25) is 4.79 Å². The Bertz CT molecular complexity index is 1170. The predicted molar refractivity (Wildman–Crippen MR) is 125 cm³/mol. The second-order valence-electron chi connectivity index (χ2n) is 8.71. The van der Waals surface area contributed by atoms with E-state index in [4.69, 9.17) is 28.4 Å². The van der Waals surface area contributed by atoms with Gasteiger partial charge in [0.05, 0.1) is 13.2 Å². The van der Waals surface area contributed by atoms with E-state index >= 15 is 0 Å². The van der Waals surface area contributed by atoms with E-state index < -0.39 is 42.5 Å². The van der Waals surface area contributed by atoms with Gasteiger partial charge in [-0.25, -0.2) is 0 Å². The molecule has 0 spiro atoms. The molecule has 0 bridgehead atoms. The van der Waals surface area contributed by atoms with Gasteiger partial charge in [0.1, 0.15) is 17.6 Å². The van der Waals surface area contributed by atoms with Crippen LogP contribution in [0.15, 0.2) is 66.7 Å². The van der Waals surface area contributed by atoms with Gasteiger partial charge in [0.15, 0.2) is 18.0 Å². The highest BCUT2D eigenvalue weighted by Gasteiger charge is 2.58. The summed E-state index contributed by atoms with van der Waals surface area (Å²) in [6.07, 6.45) is -3.09. The molecule has 0 unspecified atom stereocenters. The third-order valence-electron chi connectivity index (χ3n) is 6.34. The summed E-state index contributed by atoms with van der Waals surface area (Å²) < 4.78 is 36.3. The summed E-state index contributed by atoms with van der Waals surface area (Å²) in [5.74, 6) is -0.174. The first-order valence-electron chi connectivity index (χ1n) is 11.4. The molecule has 2 saturated heterocycles. The lowest BCUT2D eigenvalue weighted by molar-refractivity contribution is -0.247. The molecule has 5 rings (SSSR count). The van der Waals surface area contributed by atoms with Crippen molar-refractivity contribution >= 4 is 16.7 Å². The lowest BCUT2D eigenvalue weighted by Gasteiger charge is -2.39. The minimum Gasteiger partial charge on any atom is -0.497 e. The van der Waals surface area contributed by atoms with Gasteiger partial charge in [-0.05, 0) is 48.9 Å². The Morgan fingerprint density at radius 1 is 0.912 bits per heavy atom. The zero-order valence-electron chi connectivity index (χ0n) is 19.6. The Morgan fingerprint density at radius 2 is 1.59 bits per heavy atom. The molecule has 3 aromatic rings. The van der Waals surface area contributed by atoms with Crippen molar-refractivity contribution in [3.05, 3.63) is 72.3 Å². The van der Waals surface area contributed by atoms with Gasteiger partial charge in [-0.2, -0.15) is 0 Å². The van der Waals surface area contributed by atoms with Crippen LogP contribution in [0.5, 0.6) is 11.5 Å². The van der Waals surface area contributed by atoms with Crippen molar-refractivity contribution in [3.8, 4) is 11.5 Å². The molecular formula is C27H28O7. The van der Waals surface area contributed by atoms with Crippen molar-refractivity contribution in [2.45, 2.75) is 57.3 Å². The number of rotatable bonds is 5. The van der Waals surface area contributed by atoms with Crippen LogP contribution >= 0.6 is 0 Å². The van der Waals surface area contributed by atoms with E-state index in [-0.39, 0.29) is 0 Å². The fraction of sp³-hybridized carbons (Fsp3) is 0.370. The summed E-state index contributed by atoms with van der Waals surface area (Å²) in [6.45, 7) is 5.10. The van der Waals surface area contributed by atoms with E-state index in [0.717, 1.165) is 22.1 Å². The topological polar surface area (TPSA) is 72.5 Å². The van der Waals surface area contributed by atoms with E-state index in [1.807, 2.05) is 68.4 Å². The third kappa shape index (κ3) is 4.11. The highest BCUT2D eigenvalue weighted by Crippen LogP contribution is 2.46. The smallest absolute Gasteiger partial charge is 0.303 e. The Kier molecular flexibility index (Phi) is 5.93. The van der Waals surface area contributed by atoms with Crippen LogP contribution in [0.4, 0.5) is 0 Å². The molecule has 0 radical (unpaired) electrons. The average molecular weight is 465 g/mol. The molecule has 2 fully saturated rings. The van der Waals surface area contributed by atoms with E-state index in [1.54, 1.807) is 19.2 Å². The quantitative estimate of drug-likeness (QED) is 0.513. The number of carbonyl (C=O) groups is 1. The van der Waals surface area contributed by atoms with Gasteiger partial charge in [0.25, 0.3) is 0 Å². The van der Waals surface area contributed by atoms with Gasteiger partial charge in [-0.15, -0.1) is 0 Å². The van der Waals surface area contributed by atoms with Crippen molar-refractivity contribution in [3.63, 3.8) is 0 Å². The van der Waals surface area contributed by atoms with Crippen molar-refractivity contribution in [1.82, 2.24) is 0 Å². The number of hydrogen-bond donors (Lipinski definition) is 0. The largest absolute Gasteiger partial charge is 0.497 e. The number of carbonyl (C=O) groups excluding carboxylic acids is 1. The molecule has 0 amide bonds. The standard InChI is InChI=1S/C27H28O7/c1-16-23(31-17(2)28)24-25(26(30-16)32-20-14-12-19(29-4)13-15-20)34-27(3,33-24)22-11-7-9-18-8-5-6-10-21(18)22/h5-16,23-26H,1-4H3/t16-,23-,24+,25+,26-,27+/m0/s1. The SMILES string of the molecule is COc1ccc(O[C@@H]2O[C@@H](C)[C@H](OC(C)=O)[C@H]3O[C@@](C)(c4cccc5ccccc45)O[C@@H]23)cc1. The molecule has 7 nitrogen and oxygen atoms in total. The predicted octanol–water partition coefficient (Wildman–Crippen LogP) is 4.56. The minimum atomic E-state index is -1.09. The van der Waals surface area contributed by atoms with Gasteiger partial charge in [0.2, 0.25) is 6.29 Å². The molecule has 34 heavy (non-hydrogen) atoms. The van der Waals surface area contributed by atoms with E-state index in [9.17, 15) is 4.79 Å². The van der Waals surface area contributed by atoms with Crippen molar-refractivity contribution in [2.24, 2.45) is 0 Å². The number of methoxy groups -OCH3 is 1. The van der Waals surface area contributed by atoms with Crippen molar-refractivity contribution in [1.29, 1.82) is 0 Å². The second kappa shape index (κ2) is 8.91. The summed E-state index contributed by atoms with van der Waals surface area (Å²) in [5.41, 5.74) is 0.887. The fourth-order valence-electron chi connectivity index (χ4n) is 4.77. The molecule has 3 aromatic carbocycles. The molecule has 178 valence electrons. The maximum absolute atomic E-state index is 11.9. The molecule has 0 aromatic heterocycles. The fourth-order valence-corrected chi connectivity index (χ4v) is 4.77. The lowest BCUT2D eigenvalue weighted by atomic mass is 9.99. The maximum atomic E-state index is 11.9. The van der Waals surface area contributed by atoms with Crippen molar-refractivity contribution < 1.29 is 33.2 Å². The normalized spacial score (nSPS) is 30.5. The van der Waals surface area contributed by atoms with Crippen LogP contribution in [0.3, 0.4) is 0 Å². The van der Waals surface area contributed by atoms with Gasteiger partial charge < -0.3 is 28.4 Å². The summed E-state index contributed by atoms with van der Waals surface area (Å²) >= 11 is 0. The zero-order chi connectivity index (χ0) is 23.9. The molecule has 7 heteroatoms. The summed E-state index contributed by atoms with van der Waals surface area (Å²) in [5, 5.41) is 2.10. The first kappa shape index (κ1) is 22.7. The van der Waals surface area contributed by atoms with Crippen LogP contribution in [0.1, 0.15) is 26.3 Å². The molecule has 6 atom stereocenters. The maximum Gasteiger partial charge on any atom is 0.303 e. The lowest BCUT2D eigenvalue weighted by Crippen LogP contribution is -2.58. The zero-order valence-corrected chi connectivity index (χ0v) is 19.6. The van der Waals surface area contributed by atoms with Crippen LogP contribution in [0.25, 0.3) is 10.8 Å². The van der Waals surface area contributed by atoms with Gasteiger partial charge >= 0.3 is 5.97 Å². The number of ether oxygens (including phenoxy) is 6. The number of esters is 1. The van der Waals surface area contributed by atoms with Crippen LogP contribution in [0.2, 0.25) is 0 Å². The molecule has 2 aliphatic heterocycles. The molecule has 0 saturated carbocycles. The molecular weight excluding hydrogens is 436 g/mol. The van der Waals surface area contributed by atoms with Crippen LogP contribution in [0, 0.1) is 0 Å². The van der Waals surface area contributed by atoms with Crippen LogP contribution in [-0.2, 0) is 29.5 Å². The Balaban J connectivity index is 1.50. The summed E-state index contributed by atoms with van der Waals surface area (Å²) in [4.78, 5) is 11.9. The van der Waals surface area contributed by atoms with Crippen molar-refractivity contribution in [2.75, 3.05) is 7.11 Å². The van der Waals surface area contributed by atoms with E-state index in [1.165, 1.54) is 6.92 Å². The second-order valence-corrected chi connectivity index (χ2v) is 8.71. The van der Waals surface area contributed by atoms with Crippen LogP contribution in [-0.4, -0.2) is 43.8 Å². The number of benzene rings is 3.